The van der Waals surface area contributed by atoms with Gasteiger partial charge in [-0.05, 0) is 36.9 Å². The zero-order valence-electron chi connectivity index (χ0n) is 12.5. The fourth-order valence-corrected chi connectivity index (χ4v) is 3.18. The fraction of sp³-hybridized carbons (Fsp3) is 0.278. The first-order chi connectivity index (χ1) is 11.1. The number of carbonyl (C=O) groups excluding carboxylic acids is 1. The molecule has 0 bridgehead atoms. The molecule has 1 aliphatic rings. The van der Waals surface area contributed by atoms with E-state index in [0.717, 1.165) is 31.5 Å². The zero-order chi connectivity index (χ0) is 16.3. The summed E-state index contributed by atoms with van der Waals surface area (Å²) in [4.78, 5) is 12.6. The number of hydrogen-bond acceptors (Lipinski definition) is 3. The molecule has 120 valence electrons. The fourth-order valence-electron chi connectivity index (χ4n) is 2.88. The number of benzene rings is 2. The van der Waals surface area contributed by atoms with Crippen LogP contribution in [0.4, 0.5) is 0 Å². The molecule has 1 fully saturated rings. The quantitative estimate of drug-likeness (QED) is 0.833. The summed E-state index contributed by atoms with van der Waals surface area (Å²) in [7, 11) is 0. The van der Waals surface area contributed by atoms with Crippen LogP contribution >= 0.6 is 23.2 Å². The molecule has 1 heterocycles. The van der Waals surface area contributed by atoms with E-state index in [0.29, 0.717) is 15.6 Å². The lowest BCUT2D eigenvalue weighted by molar-refractivity contribution is -0.0378. The molecule has 2 aromatic carbocycles. The Morgan fingerprint density at radius 2 is 1.70 bits per heavy atom. The summed E-state index contributed by atoms with van der Waals surface area (Å²) in [5.74, 6) is -0.380. The summed E-state index contributed by atoms with van der Waals surface area (Å²) >= 11 is 11.9. The van der Waals surface area contributed by atoms with E-state index in [1.807, 2.05) is 30.3 Å². The largest absolute Gasteiger partial charge is 0.450 e. The number of piperidine rings is 1. The maximum Gasteiger partial charge on any atom is 0.339 e. The summed E-state index contributed by atoms with van der Waals surface area (Å²) in [5.41, 5.74) is 0.832. The second-order valence-corrected chi connectivity index (χ2v) is 6.44. The van der Waals surface area contributed by atoms with Crippen molar-refractivity contribution < 1.29 is 9.53 Å². The molecule has 23 heavy (non-hydrogen) atoms. The minimum atomic E-state index is -0.601. The van der Waals surface area contributed by atoms with Crippen LogP contribution in [0.25, 0.3) is 0 Å². The van der Waals surface area contributed by atoms with Crippen LogP contribution in [0.3, 0.4) is 0 Å². The van der Waals surface area contributed by atoms with Crippen molar-refractivity contribution in [2.24, 2.45) is 0 Å². The molecule has 0 atom stereocenters. The molecule has 1 saturated heterocycles. The number of hydrogen-bond donors (Lipinski definition) is 1. The first kappa shape index (κ1) is 16.3. The number of carbonyl (C=O) groups is 1. The highest BCUT2D eigenvalue weighted by Gasteiger charge is 2.38. The Labute approximate surface area is 145 Å². The van der Waals surface area contributed by atoms with Gasteiger partial charge in [0, 0.05) is 12.8 Å². The molecule has 2 aromatic rings. The molecule has 0 radical (unpaired) electrons. The van der Waals surface area contributed by atoms with Crippen molar-refractivity contribution in [3.05, 3.63) is 69.7 Å². The van der Waals surface area contributed by atoms with Crippen molar-refractivity contribution in [3.8, 4) is 0 Å². The summed E-state index contributed by atoms with van der Waals surface area (Å²) < 4.78 is 5.97. The van der Waals surface area contributed by atoms with Crippen molar-refractivity contribution >= 4 is 29.2 Å². The van der Waals surface area contributed by atoms with Crippen LogP contribution in [0.1, 0.15) is 28.8 Å². The van der Waals surface area contributed by atoms with Crippen molar-refractivity contribution in [2.75, 3.05) is 13.1 Å². The van der Waals surface area contributed by atoms with Gasteiger partial charge < -0.3 is 10.1 Å². The average Bonchev–Trinajstić information content (AvgIpc) is 2.59. The van der Waals surface area contributed by atoms with E-state index in [4.69, 9.17) is 27.9 Å². The number of halogens is 2. The van der Waals surface area contributed by atoms with Gasteiger partial charge in [0.1, 0.15) is 5.60 Å². The lowest BCUT2D eigenvalue weighted by Crippen LogP contribution is -2.43. The van der Waals surface area contributed by atoms with Gasteiger partial charge in [0.05, 0.1) is 15.6 Å². The lowest BCUT2D eigenvalue weighted by atomic mass is 9.84. The molecule has 0 amide bonds. The van der Waals surface area contributed by atoms with E-state index in [1.54, 1.807) is 18.2 Å². The van der Waals surface area contributed by atoms with Gasteiger partial charge in [0.25, 0.3) is 0 Å². The van der Waals surface area contributed by atoms with Gasteiger partial charge in [-0.1, -0.05) is 53.5 Å². The predicted octanol–water partition coefficient (Wildman–Crippen LogP) is 4.43. The Hall–Kier alpha value is -1.55. The summed E-state index contributed by atoms with van der Waals surface area (Å²) in [6.45, 7) is 1.62. The minimum absolute atomic E-state index is 0.347. The van der Waals surface area contributed by atoms with Gasteiger partial charge in [0.2, 0.25) is 0 Å². The third kappa shape index (κ3) is 3.52. The number of nitrogens with one attached hydrogen (secondary N) is 1. The SMILES string of the molecule is O=C(OC1(c2ccccc2)CCNCC1)c1ccc(Cl)c(Cl)c1. The average molecular weight is 350 g/mol. The monoisotopic (exact) mass is 349 g/mol. The first-order valence-corrected chi connectivity index (χ1v) is 8.31. The molecule has 1 aliphatic heterocycles. The first-order valence-electron chi connectivity index (χ1n) is 7.55. The third-order valence-electron chi connectivity index (χ3n) is 4.15. The van der Waals surface area contributed by atoms with Crippen LogP contribution in [0, 0.1) is 0 Å². The molecular weight excluding hydrogens is 333 g/mol. The van der Waals surface area contributed by atoms with Crippen molar-refractivity contribution in [1.82, 2.24) is 5.32 Å². The van der Waals surface area contributed by atoms with E-state index in [9.17, 15) is 4.79 Å². The molecular formula is C18H17Cl2NO2. The molecule has 3 rings (SSSR count). The van der Waals surface area contributed by atoms with Gasteiger partial charge in [-0.25, -0.2) is 4.79 Å². The molecule has 0 spiro atoms. The number of esters is 1. The summed E-state index contributed by atoms with van der Waals surface area (Å²) in [6, 6.07) is 14.7. The van der Waals surface area contributed by atoms with Crippen LogP contribution in [0.2, 0.25) is 10.0 Å². The smallest absolute Gasteiger partial charge is 0.339 e. The highest BCUT2D eigenvalue weighted by Crippen LogP contribution is 2.36. The molecule has 1 N–H and O–H groups in total. The Morgan fingerprint density at radius 3 is 2.35 bits per heavy atom. The predicted molar refractivity (Wildman–Crippen MR) is 92.1 cm³/mol. The number of rotatable bonds is 3. The Morgan fingerprint density at radius 1 is 1.00 bits per heavy atom. The van der Waals surface area contributed by atoms with Crippen LogP contribution in [-0.4, -0.2) is 19.1 Å². The van der Waals surface area contributed by atoms with Gasteiger partial charge >= 0.3 is 5.97 Å². The highest BCUT2D eigenvalue weighted by atomic mass is 35.5. The second-order valence-electron chi connectivity index (χ2n) is 5.63. The van der Waals surface area contributed by atoms with Crippen LogP contribution in [0.15, 0.2) is 48.5 Å². The minimum Gasteiger partial charge on any atom is -0.450 e. The summed E-state index contributed by atoms with van der Waals surface area (Å²) in [6.07, 6.45) is 1.48. The molecule has 0 unspecified atom stereocenters. The number of ether oxygens (including phenoxy) is 1. The van der Waals surface area contributed by atoms with Crippen LogP contribution in [-0.2, 0) is 10.3 Å². The molecule has 0 aromatic heterocycles. The van der Waals surface area contributed by atoms with Gasteiger partial charge in [-0.3, -0.25) is 0 Å². The van der Waals surface area contributed by atoms with E-state index in [1.165, 1.54) is 0 Å². The van der Waals surface area contributed by atoms with Gasteiger partial charge in [-0.15, -0.1) is 0 Å². The maximum atomic E-state index is 12.6. The van der Waals surface area contributed by atoms with Crippen molar-refractivity contribution in [3.63, 3.8) is 0 Å². The van der Waals surface area contributed by atoms with E-state index in [-0.39, 0.29) is 5.97 Å². The third-order valence-corrected chi connectivity index (χ3v) is 4.89. The Kier molecular flexibility index (Phi) is 4.90. The highest BCUT2D eigenvalue weighted by molar-refractivity contribution is 6.42. The lowest BCUT2D eigenvalue weighted by Gasteiger charge is -2.37. The van der Waals surface area contributed by atoms with E-state index in [2.05, 4.69) is 5.32 Å². The van der Waals surface area contributed by atoms with Crippen LogP contribution in [0.5, 0.6) is 0 Å². The summed E-state index contributed by atoms with van der Waals surface area (Å²) in [5, 5.41) is 4.08. The Balaban J connectivity index is 1.89. The molecule has 5 heteroatoms. The molecule has 3 nitrogen and oxygen atoms in total. The topological polar surface area (TPSA) is 38.3 Å². The van der Waals surface area contributed by atoms with Gasteiger partial charge in [-0.2, -0.15) is 0 Å². The van der Waals surface area contributed by atoms with E-state index < -0.39 is 5.60 Å². The second kappa shape index (κ2) is 6.91. The zero-order valence-corrected chi connectivity index (χ0v) is 14.0. The Bertz CT molecular complexity index is 697. The van der Waals surface area contributed by atoms with Crippen molar-refractivity contribution in [2.45, 2.75) is 18.4 Å². The standard InChI is InChI=1S/C18H17Cl2NO2/c19-15-7-6-13(12-16(15)20)17(22)23-18(8-10-21-11-9-18)14-4-2-1-3-5-14/h1-7,12,21H,8-11H2. The molecule has 0 aliphatic carbocycles. The molecule has 0 saturated carbocycles. The maximum absolute atomic E-state index is 12.6. The van der Waals surface area contributed by atoms with Gasteiger partial charge in [0.15, 0.2) is 0 Å². The van der Waals surface area contributed by atoms with Crippen LogP contribution < -0.4 is 5.32 Å². The van der Waals surface area contributed by atoms with Crippen molar-refractivity contribution in [1.29, 1.82) is 0 Å². The normalized spacial score (nSPS) is 16.8. The van der Waals surface area contributed by atoms with E-state index >= 15 is 0 Å².